The van der Waals surface area contributed by atoms with Crippen LogP contribution in [0.4, 0.5) is 5.95 Å². The lowest BCUT2D eigenvalue weighted by atomic mass is 9.77. The minimum Gasteiger partial charge on any atom is -0.492 e. The average Bonchev–Trinajstić information content (AvgIpc) is 3.09. The molecular weight excluding hydrogens is 378 g/mol. The van der Waals surface area contributed by atoms with E-state index in [4.69, 9.17) is 15.5 Å². The highest BCUT2D eigenvalue weighted by atomic mass is 16.5. The topological polar surface area (TPSA) is 84.6 Å². The minimum atomic E-state index is -0.0689. The Morgan fingerprint density at radius 1 is 1.33 bits per heavy atom. The summed E-state index contributed by atoms with van der Waals surface area (Å²) in [4.78, 5) is 26.7. The van der Waals surface area contributed by atoms with E-state index in [9.17, 15) is 4.79 Å². The summed E-state index contributed by atoms with van der Waals surface area (Å²) in [5.74, 6) is 1.52. The fourth-order valence-electron chi connectivity index (χ4n) is 4.69. The van der Waals surface area contributed by atoms with Crippen LogP contribution in [-0.2, 0) is 11.8 Å². The van der Waals surface area contributed by atoms with Crippen LogP contribution in [0.3, 0.4) is 0 Å². The van der Waals surface area contributed by atoms with E-state index in [1.165, 1.54) is 5.56 Å². The molecule has 1 amide bonds. The molecule has 2 aromatic rings. The first-order valence-corrected chi connectivity index (χ1v) is 10.7. The zero-order valence-corrected chi connectivity index (χ0v) is 18.1. The number of piperidine rings is 1. The highest BCUT2D eigenvalue weighted by Crippen LogP contribution is 2.44. The lowest BCUT2D eigenvalue weighted by molar-refractivity contribution is 0.0633. The molecule has 0 saturated carbocycles. The van der Waals surface area contributed by atoms with Crippen LogP contribution in [0.15, 0.2) is 24.4 Å². The van der Waals surface area contributed by atoms with Crippen molar-refractivity contribution in [2.45, 2.75) is 38.0 Å². The molecule has 2 aliphatic rings. The number of amides is 1. The molecule has 7 heteroatoms. The quantitative estimate of drug-likeness (QED) is 0.816. The van der Waals surface area contributed by atoms with Crippen molar-refractivity contribution in [3.05, 3.63) is 46.8 Å². The van der Waals surface area contributed by atoms with Gasteiger partial charge in [0.15, 0.2) is 0 Å². The van der Waals surface area contributed by atoms with Gasteiger partial charge in [-0.2, -0.15) is 0 Å². The second-order valence-corrected chi connectivity index (χ2v) is 8.67. The van der Waals surface area contributed by atoms with Crippen molar-refractivity contribution in [1.82, 2.24) is 14.9 Å². The molecule has 2 N–H and O–H groups in total. The van der Waals surface area contributed by atoms with Crippen molar-refractivity contribution >= 4 is 11.9 Å². The van der Waals surface area contributed by atoms with Gasteiger partial charge in [-0.25, -0.2) is 9.97 Å². The van der Waals surface area contributed by atoms with Gasteiger partial charge < -0.3 is 20.3 Å². The number of hydrogen-bond donors (Lipinski definition) is 1. The Morgan fingerprint density at radius 3 is 2.93 bits per heavy atom. The van der Waals surface area contributed by atoms with Gasteiger partial charge in [-0.15, -0.1) is 0 Å². The summed E-state index contributed by atoms with van der Waals surface area (Å²) in [5.41, 5.74) is 9.53. The van der Waals surface area contributed by atoms with E-state index in [0.717, 1.165) is 55.2 Å². The first-order valence-electron chi connectivity index (χ1n) is 10.7. The third-order valence-corrected chi connectivity index (χ3v) is 6.30. The normalized spacial score (nSPS) is 20.3. The van der Waals surface area contributed by atoms with E-state index in [2.05, 4.69) is 4.98 Å². The SMILES string of the molecule is Cc1ccc(C(=O)N2CCCC3(CCc4cnc(N(C)C)nc43)C2)cc1OCCN. The standard InChI is InChI=1S/C23H31N5O2/c1-16-5-6-17(13-19(16)30-12-10-24)21(29)28-11-4-8-23(15-28)9-7-18-14-25-22(27(2)3)26-20(18)23/h5-6,13-14H,4,7-12,15,24H2,1-3H3. The number of hydrogen-bond acceptors (Lipinski definition) is 6. The molecule has 1 atom stereocenters. The fraction of sp³-hybridized carbons (Fsp3) is 0.522. The second kappa shape index (κ2) is 8.22. The van der Waals surface area contributed by atoms with Crippen LogP contribution in [0.2, 0.25) is 0 Å². The number of aryl methyl sites for hydroxylation is 2. The number of carbonyl (C=O) groups excluding carboxylic acids is 1. The molecule has 0 bridgehead atoms. The van der Waals surface area contributed by atoms with Crippen molar-refractivity contribution < 1.29 is 9.53 Å². The van der Waals surface area contributed by atoms with Crippen LogP contribution in [0.1, 0.15) is 46.4 Å². The van der Waals surface area contributed by atoms with Gasteiger partial charge in [-0.3, -0.25) is 4.79 Å². The highest BCUT2D eigenvalue weighted by molar-refractivity contribution is 5.95. The van der Waals surface area contributed by atoms with E-state index in [1.54, 1.807) is 0 Å². The van der Waals surface area contributed by atoms with Gasteiger partial charge in [-0.05, 0) is 55.9 Å². The van der Waals surface area contributed by atoms with Crippen LogP contribution >= 0.6 is 0 Å². The third kappa shape index (κ3) is 3.74. The zero-order chi connectivity index (χ0) is 21.3. The monoisotopic (exact) mass is 409 g/mol. The Hall–Kier alpha value is -2.67. The lowest BCUT2D eigenvalue weighted by Gasteiger charge is -2.40. The number of likely N-dealkylation sites (tertiary alicyclic amines) is 1. The maximum Gasteiger partial charge on any atom is 0.254 e. The van der Waals surface area contributed by atoms with Crippen molar-refractivity contribution in [3.8, 4) is 5.75 Å². The van der Waals surface area contributed by atoms with Gasteiger partial charge in [0.05, 0.1) is 5.69 Å². The molecule has 7 nitrogen and oxygen atoms in total. The van der Waals surface area contributed by atoms with E-state index in [1.807, 2.05) is 55.2 Å². The van der Waals surface area contributed by atoms with Gasteiger partial charge in [0.2, 0.25) is 5.95 Å². The summed E-state index contributed by atoms with van der Waals surface area (Å²) in [6.45, 7) is 4.34. The highest BCUT2D eigenvalue weighted by Gasteiger charge is 2.45. The number of aromatic nitrogens is 2. The van der Waals surface area contributed by atoms with Gasteiger partial charge >= 0.3 is 0 Å². The number of nitrogens with two attached hydrogens (primary N) is 1. The van der Waals surface area contributed by atoms with Crippen LogP contribution in [0.5, 0.6) is 5.75 Å². The fourth-order valence-corrected chi connectivity index (χ4v) is 4.69. The molecule has 160 valence electrons. The predicted molar refractivity (Wildman–Crippen MR) is 117 cm³/mol. The Morgan fingerprint density at radius 2 is 2.17 bits per heavy atom. The molecule has 1 unspecified atom stereocenters. The number of fused-ring (bicyclic) bond motifs is 2. The summed E-state index contributed by atoms with van der Waals surface area (Å²) in [7, 11) is 3.92. The Labute approximate surface area is 178 Å². The summed E-state index contributed by atoms with van der Waals surface area (Å²) in [6.07, 6.45) is 6.01. The van der Waals surface area contributed by atoms with Crippen LogP contribution in [0.25, 0.3) is 0 Å². The van der Waals surface area contributed by atoms with E-state index in [-0.39, 0.29) is 11.3 Å². The minimum absolute atomic E-state index is 0.0574. The van der Waals surface area contributed by atoms with Crippen molar-refractivity contribution in [2.75, 3.05) is 45.2 Å². The molecule has 0 radical (unpaired) electrons. The molecule has 1 aliphatic heterocycles. The Balaban J connectivity index is 1.59. The Kier molecular flexibility index (Phi) is 5.64. The van der Waals surface area contributed by atoms with Crippen molar-refractivity contribution in [3.63, 3.8) is 0 Å². The second-order valence-electron chi connectivity index (χ2n) is 8.67. The molecule has 4 rings (SSSR count). The average molecular weight is 410 g/mol. The summed E-state index contributed by atoms with van der Waals surface area (Å²) in [5, 5.41) is 0. The maximum atomic E-state index is 13.4. The van der Waals surface area contributed by atoms with Crippen LogP contribution in [-0.4, -0.2) is 61.1 Å². The number of anilines is 1. The molecule has 1 aliphatic carbocycles. The van der Waals surface area contributed by atoms with E-state index < -0.39 is 0 Å². The van der Waals surface area contributed by atoms with Crippen molar-refractivity contribution in [1.29, 1.82) is 0 Å². The van der Waals surface area contributed by atoms with E-state index in [0.29, 0.717) is 25.3 Å². The van der Waals surface area contributed by atoms with Crippen LogP contribution < -0.4 is 15.4 Å². The molecular formula is C23H31N5O2. The number of benzene rings is 1. The van der Waals surface area contributed by atoms with Crippen LogP contribution in [0, 0.1) is 6.92 Å². The molecule has 1 spiro atoms. The first-order chi connectivity index (χ1) is 14.4. The largest absolute Gasteiger partial charge is 0.492 e. The van der Waals surface area contributed by atoms with Gasteiger partial charge in [0.1, 0.15) is 12.4 Å². The number of carbonyl (C=O) groups is 1. The van der Waals surface area contributed by atoms with Crippen molar-refractivity contribution in [2.24, 2.45) is 5.73 Å². The third-order valence-electron chi connectivity index (χ3n) is 6.30. The summed E-state index contributed by atoms with van der Waals surface area (Å²) >= 11 is 0. The zero-order valence-electron chi connectivity index (χ0n) is 18.1. The van der Waals surface area contributed by atoms with Gasteiger partial charge in [0, 0.05) is 50.9 Å². The molecule has 1 saturated heterocycles. The predicted octanol–water partition coefficient (Wildman–Crippen LogP) is 2.31. The molecule has 30 heavy (non-hydrogen) atoms. The number of rotatable bonds is 5. The molecule has 1 aromatic carbocycles. The molecule has 2 heterocycles. The summed E-state index contributed by atoms with van der Waals surface area (Å²) in [6, 6.07) is 5.69. The smallest absolute Gasteiger partial charge is 0.254 e. The number of ether oxygens (including phenoxy) is 1. The van der Waals surface area contributed by atoms with E-state index >= 15 is 0 Å². The van der Waals surface area contributed by atoms with Gasteiger partial charge in [-0.1, -0.05) is 6.07 Å². The maximum absolute atomic E-state index is 13.4. The lowest BCUT2D eigenvalue weighted by Crippen LogP contribution is -2.48. The van der Waals surface area contributed by atoms with Gasteiger partial charge in [0.25, 0.3) is 5.91 Å². The molecule has 1 fully saturated rings. The molecule has 1 aromatic heterocycles. The summed E-state index contributed by atoms with van der Waals surface area (Å²) < 4.78 is 5.72. The number of nitrogens with zero attached hydrogens (tertiary/aromatic N) is 4. The first kappa shape index (κ1) is 20.6. The Bertz CT molecular complexity index is 941.